The SMILES string of the molecule is CC/C(=C/c1ccc(OC)nc1)CBr. The maximum atomic E-state index is 4.99. The number of halogens is 1. The predicted molar refractivity (Wildman–Crippen MR) is 62.9 cm³/mol. The van der Waals surface area contributed by atoms with E-state index in [1.54, 1.807) is 7.11 Å². The molecular formula is C11H14BrNO. The Hall–Kier alpha value is -0.830. The number of hydrogen-bond donors (Lipinski definition) is 0. The average Bonchev–Trinajstić information content (AvgIpc) is 2.26. The lowest BCUT2D eigenvalue weighted by molar-refractivity contribution is 0.398. The zero-order valence-electron chi connectivity index (χ0n) is 8.46. The van der Waals surface area contributed by atoms with Crippen LogP contribution in [0.4, 0.5) is 0 Å². The highest BCUT2D eigenvalue weighted by Crippen LogP contribution is 2.13. The lowest BCUT2D eigenvalue weighted by Crippen LogP contribution is -1.87. The zero-order chi connectivity index (χ0) is 10.4. The number of methoxy groups -OCH3 is 1. The average molecular weight is 256 g/mol. The number of nitrogens with zero attached hydrogens (tertiary/aromatic N) is 1. The van der Waals surface area contributed by atoms with Gasteiger partial charge in [0.2, 0.25) is 5.88 Å². The molecule has 0 atom stereocenters. The van der Waals surface area contributed by atoms with Gasteiger partial charge in [-0.1, -0.05) is 34.5 Å². The third-order valence-electron chi connectivity index (χ3n) is 1.96. The van der Waals surface area contributed by atoms with E-state index in [-0.39, 0.29) is 0 Å². The van der Waals surface area contributed by atoms with Gasteiger partial charge in [0, 0.05) is 17.6 Å². The van der Waals surface area contributed by atoms with Crippen molar-refractivity contribution < 1.29 is 4.74 Å². The van der Waals surface area contributed by atoms with Gasteiger partial charge >= 0.3 is 0 Å². The molecule has 3 heteroatoms. The van der Waals surface area contributed by atoms with Crippen LogP contribution < -0.4 is 4.74 Å². The number of rotatable bonds is 4. The Balaban J connectivity index is 2.81. The standard InChI is InChI=1S/C11H14BrNO/c1-3-9(7-12)6-10-4-5-11(14-2)13-8-10/h4-6,8H,3,7H2,1-2H3/b9-6-. The Morgan fingerprint density at radius 2 is 2.36 bits per heavy atom. The fourth-order valence-electron chi connectivity index (χ4n) is 1.07. The van der Waals surface area contributed by atoms with Crippen LogP contribution in [0.5, 0.6) is 5.88 Å². The van der Waals surface area contributed by atoms with Crippen molar-refractivity contribution in [2.75, 3.05) is 12.4 Å². The molecule has 0 aliphatic heterocycles. The molecule has 0 radical (unpaired) electrons. The van der Waals surface area contributed by atoms with Crippen molar-refractivity contribution in [2.24, 2.45) is 0 Å². The van der Waals surface area contributed by atoms with E-state index < -0.39 is 0 Å². The molecule has 0 amide bonds. The number of pyridine rings is 1. The Kier molecular flexibility index (Phi) is 4.66. The second-order valence-corrected chi connectivity index (χ2v) is 3.48. The van der Waals surface area contributed by atoms with Gasteiger partial charge in [-0.3, -0.25) is 0 Å². The summed E-state index contributed by atoms with van der Waals surface area (Å²) in [5, 5.41) is 0.912. The number of ether oxygens (including phenoxy) is 1. The molecule has 0 aromatic carbocycles. The summed E-state index contributed by atoms with van der Waals surface area (Å²) in [6.45, 7) is 2.14. The van der Waals surface area contributed by atoms with Gasteiger partial charge in [-0.15, -0.1) is 0 Å². The predicted octanol–water partition coefficient (Wildman–Crippen LogP) is 3.28. The fourth-order valence-corrected chi connectivity index (χ4v) is 1.63. The number of allylic oxidation sites excluding steroid dienone is 1. The van der Waals surface area contributed by atoms with Crippen LogP contribution in [-0.4, -0.2) is 17.4 Å². The van der Waals surface area contributed by atoms with Crippen molar-refractivity contribution in [3.05, 3.63) is 29.5 Å². The van der Waals surface area contributed by atoms with Crippen LogP contribution >= 0.6 is 15.9 Å². The molecule has 0 spiro atoms. The summed E-state index contributed by atoms with van der Waals surface area (Å²) in [6, 6.07) is 3.87. The lowest BCUT2D eigenvalue weighted by atomic mass is 10.1. The first-order valence-electron chi connectivity index (χ1n) is 4.55. The van der Waals surface area contributed by atoms with Crippen LogP contribution in [0.3, 0.4) is 0 Å². The molecule has 0 saturated carbocycles. The van der Waals surface area contributed by atoms with Crippen molar-refractivity contribution in [1.29, 1.82) is 0 Å². The van der Waals surface area contributed by atoms with Crippen molar-refractivity contribution >= 4 is 22.0 Å². The molecular weight excluding hydrogens is 242 g/mol. The number of hydrogen-bond acceptors (Lipinski definition) is 2. The van der Waals surface area contributed by atoms with Gasteiger partial charge in [0.15, 0.2) is 0 Å². The second kappa shape index (κ2) is 5.81. The van der Waals surface area contributed by atoms with E-state index in [0.717, 1.165) is 17.3 Å². The molecule has 1 aromatic heterocycles. The Bertz CT molecular complexity index is 300. The summed E-state index contributed by atoms with van der Waals surface area (Å²) in [4.78, 5) is 4.14. The van der Waals surface area contributed by atoms with E-state index in [9.17, 15) is 0 Å². The van der Waals surface area contributed by atoms with Crippen molar-refractivity contribution in [3.63, 3.8) is 0 Å². The summed E-state index contributed by atoms with van der Waals surface area (Å²) in [5.74, 6) is 0.652. The topological polar surface area (TPSA) is 22.1 Å². The van der Waals surface area contributed by atoms with E-state index in [0.29, 0.717) is 5.88 Å². The number of aromatic nitrogens is 1. The van der Waals surface area contributed by atoms with Gasteiger partial charge in [0.05, 0.1) is 7.11 Å². The molecule has 1 aromatic rings. The van der Waals surface area contributed by atoms with E-state index >= 15 is 0 Å². The minimum Gasteiger partial charge on any atom is -0.481 e. The highest BCUT2D eigenvalue weighted by atomic mass is 79.9. The molecule has 0 aliphatic carbocycles. The molecule has 2 nitrogen and oxygen atoms in total. The van der Waals surface area contributed by atoms with Gasteiger partial charge in [0.25, 0.3) is 0 Å². The molecule has 0 unspecified atom stereocenters. The van der Waals surface area contributed by atoms with Crippen molar-refractivity contribution in [2.45, 2.75) is 13.3 Å². The molecule has 0 N–H and O–H groups in total. The second-order valence-electron chi connectivity index (χ2n) is 2.92. The Morgan fingerprint density at radius 3 is 2.79 bits per heavy atom. The maximum Gasteiger partial charge on any atom is 0.212 e. The van der Waals surface area contributed by atoms with E-state index in [2.05, 4.69) is 33.9 Å². The Labute approximate surface area is 93.1 Å². The minimum atomic E-state index is 0.652. The number of alkyl halides is 1. The van der Waals surface area contributed by atoms with Gasteiger partial charge in [-0.25, -0.2) is 4.98 Å². The van der Waals surface area contributed by atoms with E-state index in [1.807, 2.05) is 18.3 Å². The minimum absolute atomic E-state index is 0.652. The molecule has 0 saturated heterocycles. The van der Waals surface area contributed by atoms with Crippen LogP contribution in [0, 0.1) is 0 Å². The Morgan fingerprint density at radius 1 is 1.57 bits per heavy atom. The molecule has 1 heterocycles. The highest BCUT2D eigenvalue weighted by Gasteiger charge is 1.95. The van der Waals surface area contributed by atoms with Gasteiger partial charge in [0.1, 0.15) is 0 Å². The van der Waals surface area contributed by atoms with Crippen LogP contribution in [-0.2, 0) is 0 Å². The monoisotopic (exact) mass is 255 g/mol. The van der Waals surface area contributed by atoms with Crippen LogP contribution in [0.1, 0.15) is 18.9 Å². The van der Waals surface area contributed by atoms with Crippen LogP contribution in [0.2, 0.25) is 0 Å². The van der Waals surface area contributed by atoms with Crippen molar-refractivity contribution in [3.8, 4) is 5.88 Å². The third kappa shape index (κ3) is 3.14. The first-order chi connectivity index (χ1) is 6.80. The first kappa shape index (κ1) is 11.2. The summed E-state index contributed by atoms with van der Waals surface area (Å²) in [7, 11) is 1.62. The molecule has 76 valence electrons. The van der Waals surface area contributed by atoms with Gasteiger partial charge in [-0.05, 0) is 18.1 Å². The molecule has 0 fully saturated rings. The summed E-state index contributed by atoms with van der Waals surface area (Å²) in [5.41, 5.74) is 2.47. The van der Waals surface area contributed by atoms with E-state index in [1.165, 1.54) is 5.57 Å². The zero-order valence-corrected chi connectivity index (χ0v) is 10.0. The molecule has 14 heavy (non-hydrogen) atoms. The normalized spacial score (nSPS) is 11.5. The quantitative estimate of drug-likeness (QED) is 0.771. The summed E-state index contributed by atoms with van der Waals surface area (Å²) in [6.07, 6.45) is 5.01. The van der Waals surface area contributed by atoms with Crippen LogP contribution in [0.15, 0.2) is 23.9 Å². The highest BCUT2D eigenvalue weighted by molar-refractivity contribution is 9.09. The molecule has 0 bridgehead atoms. The molecule has 0 aliphatic rings. The summed E-state index contributed by atoms with van der Waals surface area (Å²) >= 11 is 3.45. The largest absolute Gasteiger partial charge is 0.481 e. The first-order valence-corrected chi connectivity index (χ1v) is 5.67. The van der Waals surface area contributed by atoms with E-state index in [4.69, 9.17) is 4.74 Å². The fraction of sp³-hybridized carbons (Fsp3) is 0.364. The van der Waals surface area contributed by atoms with Gasteiger partial charge in [-0.2, -0.15) is 0 Å². The third-order valence-corrected chi connectivity index (χ3v) is 2.69. The summed E-state index contributed by atoms with van der Waals surface area (Å²) < 4.78 is 4.99. The van der Waals surface area contributed by atoms with Crippen molar-refractivity contribution in [1.82, 2.24) is 4.98 Å². The molecule has 1 rings (SSSR count). The van der Waals surface area contributed by atoms with Crippen LogP contribution in [0.25, 0.3) is 6.08 Å². The van der Waals surface area contributed by atoms with Gasteiger partial charge < -0.3 is 4.74 Å². The smallest absolute Gasteiger partial charge is 0.212 e. The maximum absolute atomic E-state index is 4.99. The lowest BCUT2D eigenvalue weighted by Gasteiger charge is -2.01.